The van der Waals surface area contributed by atoms with E-state index in [0.29, 0.717) is 0 Å². The van der Waals surface area contributed by atoms with E-state index in [9.17, 15) is 5.11 Å². The Morgan fingerprint density at radius 3 is 1.19 bits per heavy atom. The van der Waals surface area contributed by atoms with Crippen LogP contribution in [0.2, 0.25) is 0 Å². The molecule has 1 N–H and O–H groups in total. The van der Waals surface area contributed by atoms with E-state index in [0.717, 1.165) is 19.3 Å². The first-order valence-corrected chi connectivity index (χ1v) is 13.0. The monoisotopic (exact) mass is 380 g/mol. The normalized spacial score (nSPS) is 16.7. The highest BCUT2D eigenvalue weighted by molar-refractivity contribution is 4.81. The van der Waals surface area contributed by atoms with Crippen molar-refractivity contribution in [1.29, 1.82) is 0 Å². The largest absolute Gasteiger partial charge is 0.390 e. The highest BCUT2D eigenvalue weighted by atomic mass is 16.3. The lowest BCUT2D eigenvalue weighted by Gasteiger charge is -2.32. The molecule has 27 heavy (non-hydrogen) atoms. The standard InChI is InChI=1S/C26H52O/c1-2-3-4-5-6-7-8-9-10-11-12-13-14-15-16-17-18-20-23-26(27)24-21-19-22-25-26/h27H,2-25H2,1H3. The Morgan fingerprint density at radius 1 is 0.481 bits per heavy atom. The minimum atomic E-state index is -0.284. The molecule has 0 bridgehead atoms. The Morgan fingerprint density at radius 2 is 0.815 bits per heavy atom. The van der Waals surface area contributed by atoms with Crippen LogP contribution in [0.3, 0.4) is 0 Å². The molecule has 0 heterocycles. The fourth-order valence-electron chi connectivity index (χ4n) is 4.82. The quantitative estimate of drug-likeness (QED) is 0.221. The van der Waals surface area contributed by atoms with Gasteiger partial charge in [-0.05, 0) is 19.3 Å². The van der Waals surface area contributed by atoms with Crippen LogP contribution < -0.4 is 0 Å². The van der Waals surface area contributed by atoms with Crippen molar-refractivity contribution in [2.45, 2.75) is 167 Å². The highest BCUT2D eigenvalue weighted by Gasteiger charge is 2.27. The highest BCUT2D eigenvalue weighted by Crippen LogP contribution is 2.32. The molecule has 1 aliphatic rings. The summed E-state index contributed by atoms with van der Waals surface area (Å²) in [7, 11) is 0. The van der Waals surface area contributed by atoms with Gasteiger partial charge < -0.3 is 5.11 Å². The lowest BCUT2D eigenvalue weighted by atomic mass is 9.81. The Labute approximate surface area is 172 Å². The van der Waals surface area contributed by atoms with Gasteiger partial charge in [0.15, 0.2) is 0 Å². The molecule has 1 nitrogen and oxygen atoms in total. The van der Waals surface area contributed by atoms with Crippen molar-refractivity contribution >= 4 is 0 Å². The van der Waals surface area contributed by atoms with Gasteiger partial charge in [-0.1, -0.05) is 142 Å². The van der Waals surface area contributed by atoms with Crippen LogP contribution in [0.4, 0.5) is 0 Å². The van der Waals surface area contributed by atoms with Gasteiger partial charge in [0.05, 0.1) is 5.60 Å². The maximum absolute atomic E-state index is 10.5. The van der Waals surface area contributed by atoms with Gasteiger partial charge in [-0.25, -0.2) is 0 Å². The lowest BCUT2D eigenvalue weighted by Crippen LogP contribution is -2.30. The first-order valence-electron chi connectivity index (χ1n) is 13.0. The summed E-state index contributed by atoms with van der Waals surface area (Å²) in [6, 6.07) is 0. The van der Waals surface area contributed by atoms with Crippen molar-refractivity contribution < 1.29 is 5.11 Å². The zero-order valence-electron chi connectivity index (χ0n) is 18.9. The van der Waals surface area contributed by atoms with Crippen molar-refractivity contribution in [2.75, 3.05) is 0 Å². The van der Waals surface area contributed by atoms with Crippen molar-refractivity contribution in [3.8, 4) is 0 Å². The Kier molecular flexibility index (Phi) is 16.7. The minimum Gasteiger partial charge on any atom is -0.390 e. The first kappa shape index (κ1) is 25.0. The van der Waals surface area contributed by atoms with Gasteiger partial charge >= 0.3 is 0 Å². The lowest BCUT2D eigenvalue weighted by molar-refractivity contribution is -0.00588. The van der Waals surface area contributed by atoms with Crippen molar-refractivity contribution in [2.24, 2.45) is 0 Å². The third kappa shape index (κ3) is 15.5. The minimum absolute atomic E-state index is 0.284. The summed E-state index contributed by atoms with van der Waals surface area (Å²) in [4.78, 5) is 0. The molecular weight excluding hydrogens is 328 g/mol. The third-order valence-corrected chi connectivity index (χ3v) is 6.78. The number of aliphatic hydroxyl groups is 1. The molecule has 0 amide bonds. The maximum atomic E-state index is 10.5. The zero-order chi connectivity index (χ0) is 19.5. The van der Waals surface area contributed by atoms with Crippen LogP contribution in [0.25, 0.3) is 0 Å². The SMILES string of the molecule is CCCCCCCCCCCCCCCCCCCCC1(O)CCCCC1. The van der Waals surface area contributed by atoms with Crippen molar-refractivity contribution in [1.82, 2.24) is 0 Å². The second-order valence-corrected chi connectivity index (χ2v) is 9.55. The molecule has 0 aliphatic heterocycles. The predicted molar refractivity (Wildman–Crippen MR) is 121 cm³/mol. The van der Waals surface area contributed by atoms with Gasteiger partial charge in [0.2, 0.25) is 0 Å². The summed E-state index contributed by atoms with van der Waals surface area (Å²) in [5, 5.41) is 10.5. The summed E-state index contributed by atoms with van der Waals surface area (Å²) >= 11 is 0. The van der Waals surface area contributed by atoms with E-state index in [-0.39, 0.29) is 5.60 Å². The average molecular weight is 381 g/mol. The number of unbranched alkanes of at least 4 members (excludes halogenated alkanes) is 17. The van der Waals surface area contributed by atoms with Gasteiger partial charge in [0.25, 0.3) is 0 Å². The smallest absolute Gasteiger partial charge is 0.0647 e. The molecule has 0 atom stereocenters. The topological polar surface area (TPSA) is 20.2 Å². The molecule has 0 saturated heterocycles. The van der Waals surface area contributed by atoms with Gasteiger partial charge in [0.1, 0.15) is 0 Å². The molecule has 162 valence electrons. The Balaban J connectivity index is 1.70. The number of hydrogen-bond donors (Lipinski definition) is 1. The molecule has 1 fully saturated rings. The van der Waals surface area contributed by atoms with E-state index >= 15 is 0 Å². The van der Waals surface area contributed by atoms with E-state index < -0.39 is 0 Å². The van der Waals surface area contributed by atoms with E-state index in [1.165, 1.54) is 135 Å². The fourth-order valence-corrected chi connectivity index (χ4v) is 4.82. The van der Waals surface area contributed by atoms with E-state index in [1.807, 2.05) is 0 Å². The number of rotatable bonds is 19. The van der Waals surface area contributed by atoms with Crippen LogP contribution in [-0.2, 0) is 0 Å². The molecule has 1 aliphatic carbocycles. The first-order chi connectivity index (χ1) is 13.3. The van der Waals surface area contributed by atoms with Crippen LogP contribution >= 0.6 is 0 Å². The van der Waals surface area contributed by atoms with Gasteiger partial charge in [-0.15, -0.1) is 0 Å². The van der Waals surface area contributed by atoms with Crippen LogP contribution in [-0.4, -0.2) is 10.7 Å². The molecule has 0 unspecified atom stereocenters. The number of hydrogen-bond acceptors (Lipinski definition) is 1. The average Bonchev–Trinajstić information content (AvgIpc) is 2.67. The molecule has 1 heteroatoms. The molecule has 0 aromatic rings. The molecule has 0 aromatic carbocycles. The Hall–Kier alpha value is -0.0400. The van der Waals surface area contributed by atoms with Crippen LogP contribution in [0.5, 0.6) is 0 Å². The van der Waals surface area contributed by atoms with E-state index in [2.05, 4.69) is 6.92 Å². The third-order valence-electron chi connectivity index (χ3n) is 6.78. The van der Waals surface area contributed by atoms with Gasteiger partial charge in [-0.2, -0.15) is 0 Å². The summed E-state index contributed by atoms with van der Waals surface area (Å²) in [6.45, 7) is 2.30. The Bertz CT molecular complexity index is 293. The summed E-state index contributed by atoms with van der Waals surface area (Å²) in [6.07, 6.45) is 32.7. The molecular formula is C26H52O. The van der Waals surface area contributed by atoms with Gasteiger partial charge in [0, 0.05) is 0 Å². The second-order valence-electron chi connectivity index (χ2n) is 9.55. The van der Waals surface area contributed by atoms with Crippen molar-refractivity contribution in [3.63, 3.8) is 0 Å². The fraction of sp³-hybridized carbons (Fsp3) is 1.00. The summed E-state index contributed by atoms with van der Waals surface area (Å²) < 4.78 is 0. The summed E-state index contributed by atoms with van der Waals surface area (Å²) in [5.74, 6) is 0. The van der Waals surface area contributed by atoms with Crippen LogP contribution in [0, 0.1) is 0 Å². The van der Waals surface area contributed by atoms with E-state index in [4.69, 9.17) is 0 Å². The molecule has 1 saturated carbocycles. The zero-order valence-corrected chi connectivity index (χ0v) is 18.9. The van der Waals surface area contributed by atoms with Crippen LogP contribution in [0.1, 0.15) is 161 Å². The predicted octanol–water partition coefficient (Wildman–Crippen LogP) is 9.11. The molecule has 1 rings (SSSR count). The molecule has 0 aromatic heterocycles. The van der Waals surface area contributed by atoms with Crippen LogP contribution in [0.15, 0.2) is 0 Å². The van der Waals surface area contributed by atoms with E-state index in [1.54, 1.807) is 0 Å². The molecule has 0 spiro atoms. The molecule has 0 radical (unpaired) electrons. The summed E-state index contributed by atoms with van der Waals surface area (Å²) in [5.41, 5.74) is -0.284. The second kappa shape index (κ2) is 18.0. The maximum Gasteiger partial charge on any atom is 0.0647 e. The van der Waals surface area contributed by atoms with Gasteiger partial charge in [-0.3, -0.25) is 0 Å². The van der Waals surface area contributed by atoms with Crippen molar-refractivity contribution in [3.05, 3.63) is 0 Å².